The molecule has 9 rings (SSSR count). The minimum Gasteiger partial charge on any atom is -0.395 e. The van der Waals surface area contributed by atoms with Crippen molar-refractivity contribution in [2.24, 2.45) is 10.9 Å². The number of para-hydroxylation sites is 1. The average molecular weight is 1760 g/mol. The Balaban J connectivity index is 0.000000322. The van der Waals surface area contributed by atoms with Crippen LogP contribution in [0.4, 0.5) is 11.4 Å². The van der Waals surface area contributed by atoms with E-state index in [2.05, 4.69) is 21.3 Å². The summed E-state index contributed by atoms with van der Waals surface area (Å²) in [5.74, 6) is -4.13. The Kier molecular flexibility index (Phi) is 50.0. The van der Waals surface area contributed by atoms with Crippen molar-refractivity contribution in [1.82, 2.24) is 48.6 Å². The Morgan fingerprint density at radius 3 is 1.49 bits per heavy atom. The first-order valence-corrected chi connectivity index (χ1v) is 42.0. The maximum atomic E-state index is 12.4. The smallest absolute Gasteiger partial charge is 0.274 e. The largest absolute Gasteiger partial charge is 0.395 e. The molecule has 0 saturated carbocycles. The summed E-state index contributed by atoms with van der Waals surface area (Å²) < 4.78 is 24.8. The molecule has 0 radical (unpaired) electrons. The zero-order chi connectivity index (χ0) is 93.3. The van der Waals surface area contributed by atoms with E-state index >= 15 is 0 Å². The lowest BCUT2D eigenvalue weighted by Crippen LogP contribution is -2.29. The van der Waals surface area contributed by atoms with Gasteiger partial charge in [-0.25, -0.2) is 46.8 Å². The fourth-order valence-electron chi connectivity index (χ4n) is 11.8. The molecule has 16 N–H and O–H groups in total. The van der Waals surface area contributed by atoms with E-state index in [1.807, 2.05) is 160 Å². The predicted molar refractivity (Wildman–Crippen MR) is 482 cm³/mol. The molecule has 1 aliphatic rings. The number of rotatable bonds is 39. The van der Waals surface area contributed by atoms with E-state index in [-0.39, 0.29) is 58.5 Å². The van der Waals surface area contributed by atoms with Gasteiger partial charge in [0.05, 0.1) is 29.2 Å². The summed E-state index contributed by atoms with van der Waals surface area (Å²) in [4.78, 5) is 123. The van der Waals surface area contributed by atoms with Crippen LogP contribution in [0.3, 0.4) is 0 Å². The highest BCUT2D eigenvalue weighted by Gasteiger charge is 2.18. The molecule has 1 aliphatic heterocycles. The summed E-state index contributed by atoms with van der Waals surface area (Å²) in [6, 6.07) is 62.1. The molecule has 0 spiro atoms. The topological polar surface area (TPSA) is 485 Å². The van der Waals surface area contributed by atoms with Gasteiger partial charge < -0.3 is 20.2 Å². The second-order valence-electron chi connectivity index (χ2n) is 28.9. The standard InChI is InChI=1S/C22H25N3O3.C17H22N2O3.C16H15NO4S.C15H21NO3.C14H21N3O3.C10H10N2O4/c26-14-13-25(12-11-19-15-23-21-4-2-1-3-20(19)21)16-18-7-5-17(6-8-18)9-10-22(27)24-28;1-12(5-10-16(20)18-22)11-13(2)17(21)14-6-8-15(9-7-14)19(3)4;18-16(17-19)10-9-13-7-4-8-15(11-13)22(20,21)12-14-5-2-1-3-6-14;17-14(12-13-8-4-3-5-9-13)10-6-1-2-7-11-15(18)16-19;1-17(2)12-8-6-11(7-9-12)14(19)15-10-4-3-5-13(18)16-20;13-9(11-15)5-4-7-2-1-3-8(6-7)10(14)12-16/h1-10,26,28H,11-16H2,(H,24,27);5-11,13,22H,1-4H3,(H,18,20);1-11,19H,12H2,(H,17,18);3-5,8-9,19H,1-2,6-7,10-12H2,(H,16,18);6-9,20H,3-5,10H2,1-2H3,(H,15,19)(H,16,18);1-6,15-16H,(H,11,13)(H,12,14)/b10-9+;10-5+,12-11+;10-9+;;;5-4+/t;13-;;;;/m.1..../s1. The van der Waals surface area contributed by atoms with Crippen molar-refractivity contribution in [3.8, 4) is 0 Å². The Morgan fingerprint density at radius 2 is 0.953 bits per heavy atom. The zero-order valence-corrected chi connectivity index (χ0v) is 72.6. The van der Waals surface area contributed by atoms with Crippen LogP contribution in [0.15, 0.2) is 258 Å². The van der Waals surface area contributed by atoms with Gasteiger partial charge in [-0.1, -0.05) is 165 Å². The van der Waals surface area contributed by atoms with E-state index in [0.29, 0.717) is 73.0 Å². The van der Waals surface area contributed by atoms with Crippen molar-refractivity contribution >= 4 is 104 Å². The van der Waals surface area contributed by atoms with Gasteiger partial charge in [0.1, 0.15) is 5.78 Å². The van der Waals surface area contributed by atoms with Gasteiger partial charge in [0.2, 0.25) is 11.8 Å². The molecule has 8 amide bonds. The molecule has 0 aromatic heterocycles. The highest BCUT2D eigenvalue weighted by Crippen LogP contribution is 2.22. The molecule has 8 aromatic carbocycles. The summed E-state index contributed by atoms with van der Waals surface area (Å²) >= 11 is 0. The van der Waals surface area contributed by atoms with Crippen LogP contribution in [0, 0.1) is 5.92 Å². The number of Topliss-reactive ketones (excluding diaryl/α,β-unsaturated/α-hetero) is 2. The normalized spacial score (nSPS) is 11.5. The fraction of sp³-hybridized carbons (Fsp3) is 0.266. The number of anilines is 2. The van der Waals surface area contributed by atoms with Crippen LogP contribution in [0.2, 0.25) is 0 Å². The predicted octanol–water partition coefficient (Wildman–Crippen LogP) is 9.76. The van der Waals surface area contributed by atoms with Crippen molar-refractivity contribution in [2.75, 3.05) is 70.8 Å². The molecule has 33 heteroatoms. The summed E-state index contributed by atoms with van der Waals surface area (Å²) in [7, 11) is 4.31. The first-order valence-electron chi connectivity index (χ1n) is 40.4. The van der Waals surface area contributed by atoms with Crippen molar-refractivity contribution in [2.45, 2.75) is 102 Å². The highest BCUT2D eigenvalue weighted by molar-refractivity contribution is 7.90. The van der Waals surface area contributed by atoms with E-state index in [0.717, 1.165) is 103 Å². The third kappa shape index (κ3) is 43.1. The third-order valence-corrected chi connectivity index (χ3v) is 20.3. The number of hydrogen-bond donors (Lipinski definition) is 16. The minimum atomic E-state index is -3.46. The summed E-state index contributed by atoms with van der Waals surface area (Å²) in [6.45, 7) is 7.21. The number of carbonyl (C=O) groups excluding carboxylic acids is 10. The molecule has 0 aliphatic carbocycles. The Labute approximate surface area is 738 Å². The van der Waals surface area contributed by atoms with Crippen LogP contribution in [-0.2, 0) is 62.1 Å². The number of unbranched alkanes of at least 4 members (excludes halogenated alkanes) is 4. The van der Waals surface area contributed by atoms with E-state index in [4.69, 9.17) is 36.5 Å². The first-order chi connectivity index (χ1) is 61.0. The molecule has 127 heavy (non-hydrogen) atoms. The number of aliphatic hydroxyl groups is 1. The van der Waals surface area contributed by atoms with E-state index in [9.17, 15) is 61.5 Å². The Morgan fingerprint density at radius 1 is 0.457 bits per heavy atom. The van der Waals surface area contributed by atoms with E-state index in [1.165, 1.54) is 81.3 Å². The monoisotopic (exact) mass is 1760 g/mol. The van der Waals surface area contributed by atoms with Crippen LogP contribution in [-0.4, -0.2) is 175 Å². The average Bonchev–Trinajstić information content (AvgIpc) is 1.81. The number of sulfone groups is 1. The second kappa shape index (κ2) is 60.1. The number of amides is 8. The lowest BCUT2D eigenvalue weighted by Gasteiger charge is -2.21. The number of nitrogens with one attached hydrogen (secondary N) is 8. The first kappa shape index (κ1) is 106. The van der Waals surface area contributed by atoms with Gasteiger partial charge >= 0.3 is 0 Å². The summed E-state index contributed by atoms with van der Waals surface area (Å²) in [5.41, 5.74) is 21.3. The van der Waals surface area contributed by atoms with Gasteiger partial charge in [0, 0.05) is 144 Å². The van der Waals surface area contributed by atoms with Crippen molar-refractivity contribution < 1.29 is 97.9 Å². The number of hydrogen-bond acceptors (Lipinski definition) is 24. The van der Waals surface area contributed by atoms with Crippen LogP contribution in [0.25, 0.3) is 23.8 Å². The summed E-state index contributed by atoms with van der Waals surface area (Å²) in [5, 5.41) is 73.1. The Bertz CT molecular complexity index is 5230. The van der Waals surface area contributed by atoms with Gasteiger partial charge in [0.25, 0.3) is 35.4 Å². The molecule has 1 heterocycles. The van der Waals surface area contributed by atoms with Crippen LogP contribution in [0.1, 0.15) is 143 Å². The third-order valence-electron chi connectivity index (χ3n) is 18.6. The molecular formula is C94H114N12O20S. The number of aliphatic hydroxyl groups excluding tert-OH is 1. The molecule has 676 valence electrons. The lowest BCUT2D eigenvalue weighted by molar-refractivity contribution is -0.130. The maximum absolute atomic E-state index is 12.4. The van der Waals surface area contributed by atoms with E-state index in [1.54, 1.807) is 102 Å². The number of fused-ring (bicyclic) bond motifs is 1. The van der Waals surface area contributed by atoms with E-state index < -0.39 is 45.3 Å². The zero-order valence-electron chi connectivity index (χ0n) is 71.8. The van der Waals surface area contributed by atoms with Crippen molar-refractivity contribution in [3.05, 3.63) is 309 Å². The SMILES string of the molecule is CC(/C=C/C(=O)NO)=C\[C@@H](C)C(=O)c1ccc(N(C)C)cc1.CN(C)c1ccc(C(=O)NCCCCC(=O)NO)cc1.O=C(/C=C/c1ccc(CN(CCO)CCC2=c3ccccc3=NC2)cc1)NO.O=C(/C=C/c1cccc(C(=O)NO)c1)NO.O=C(/C=C/c1cccc(S(=O)(=O)Cc2ccccc2)c1)NO.O=C(CCCCCCC(=O)NO)Cc1ccccc1. The van der Waals surface area contributed by atoms with Gasteiger partial charge in [-0.15, -0.1) is 0 Å². The molecule has 1 atom stereocenters. The molecule has 8 aromatic rings. The van der Waals surface area contributed by atoms with Gasteiger partial charge in [-0.2, -0.15) is 0 Å². The lowest BCUT2D eigenvalue weighted by atomic mass is 9.97. The van der Waals surface area contributed by atoms with Crippen LogP contribution < -0.4 is 64.1 Å². The fourth-order valence-corrected chi connectivity index (χ4v) is 13.2. The second-order valence-corrected chi connectivity index (χ2v) is 30.9. The molecule has 0 fully saturated rings. The maximum Gasteiger partial charge on any atom is 0.274 e. The van der Waals surface area contributed by atoms with Gasteiger partial charge in [-0.05, 0) is 175 Å². The molecular weight excluding hydrogens is 1650 g/mol. The molecule has 0 unspecified atom stereocenters. The number of carbonyl (C=O) groups is 10. The summed E-state index contributed by atoms with van der Waals surface area (Å²) in [6.07, 6.45) is 19.9. The number of benzene rings is 8. The number of hydroxylamine groups is 7. The van der Waals surface area contributed by atoms with Crippen LogP contribution >= 0.6 is 0 Å². The van der Waals surface area contributed by atoms with Crippen LogP contribution in [0.5, 0.6) is 0 Å². The van der Waals surface area contributed by atoms with Crippen molar-refractivity contribution in [1.29, 1.82) is 0 Å². The molecule has 0 saturated heterocycles. The molecule has 32 nitrogen and oxygen atoms in total. The highest BCUT2D eigenvalue weighted by atomic mass is 32.2. The van der Waals surface area contributed by atoms with Gasteiger partial charge in [0.15, 0.2) is 15.6 Å². The van der Waals surface area contributed by atoms with Crippen molar-refractivity contribution in [3.63, 3.8) is 0 Å². The Hall–Kier alpha value is -13.6. The van der Waals surface area contributed by atoms with Gasteiger partial charge in [-0.3, -0.25) is 94.3 Å². The molecule has 0 bridgehead atoms. The minimum absolute atomic E-state index is 0.0182. The number of ketones is 2. The number of nitrogens with zero attached hydrogens (tertiary/aromatic N) is 4. The quantitative estimate of drug-likeness (QED) is 0.00425. The number of allylic oxidation sites excluding steroid dienone is 3.